The second-order valence-corrected chi connectivity index (χ2v) is 18.8. The summed E-state index contributed by atoms with van der Waals surface area (Å²) in [6, 6.07) is 52.2. The van der Waals surface area contributed by atoms with Crippen LogP contribution in [0.3, 0.4) is 0 Å². The molecule has 0 atom stereocenters. The fourth-order valence-electron chi connectivity index (χ4n) is 8.54. The van der Waals surface area contributed by atoms with Crippen LogP contribution in [0, 0.1) is 41.5 Å². The Kier molecular flexibility index (Phi) is 19.4. The predicted octanol–water partition coefficient (Wildman–Crippen LogP) is 13.1. The summed E-state index contributed by atoms with van der Waals surface area (Å²) in [6.07, 6.45) is 8.49. The standard InChI is InChI=1S/3C22H20N2O2/c1-15-7-5-9-17(13-15)14-20(25)21-19(11-6-12-23-21)24-22(26)18-10-4-3-8-16(18)2;1-15-6-5-8-17(12-15)13-21(25)19-14-23-11-10-20(19)24-22(26)18-9-4-3-7-16(18)2;1-15-6-5-8-17(12-15)13-21(25)19-10-11-23-14-20(19)24-22(26)18-9-4-3-7-16(18)2/h3-13H,14H2,1-2H3,(H,24,26);3-12,14H,13H2,1-2H3,(H,23,24,26);3-12,14H,13H2,1-2H3,(H,24,26). The average Bonchev–Trinajstić information content (AvgIpc) is 3.42. The van der Waals surface area contributed by atoms with Gasteiger partial charge in [0.05, 0.1) is 28.8 Å². The topological polar surface area (TPSA) is 177 Å². The van der Waals surface area contributed by atoms with Gasteiger partial charge in [-0.3, -0.25) is 43.7 Å². The zero-order chi connectivity index (χ0) is 55.6. The monoisotopic (exact) mass is 1030 g/mol. The molecule has 6 aromatic carbocycles. The van der Waals surface area contributed by atoms with Crippen LogP contribution >= 0.6 is 0 Å². The molecule has 78 heavy (non-hydrogen) atoms. The molecule has 3 aromatic heterocycles. The summed E-state index contributed by atoms with van der Waals surface area (Å²) in [4.78, 5) is 88.2. The number of aryl methyl sites for hydroxylation is 6. The summed E-state index contributed by atoms with van der Waals surface area (Å²) in [5, 5.41) is 8.49. The Bertz CT molecular complexity index is 3270. The molecule has 0 unspecified atom stereocenters. The summed E-state index contributed by atoms with van der Waals surface area (Å²) < 4.78 is 0. The van der Waals surface area contributed by atoms with Gasteiger partial charge in [0.2, 0.25) is 0 Å². The van der Waals surface area contributed by atoms with Crippen LogP contribution in [0.5, 0.6) is 0 Å². The number of hydrogen-bond donors (Lipinski definition) is 3. The molecule has 0 saturated heterocycles. The number of rotatable bonds is 15. The van der Waals surface area contributed by atoms with Gasteiger partial charge in [0.1, 0.15) is 5.69 Å². The average molecular weight is 1030 g/mol. The number of anilines is 3. The van der Waals surface area contributed by atoms with Crippen molar-refractivity contribution in [3.63, 3.8) is 0 Å². The van der Waals surface area contributed by atoms with Gasteiger partial charge >= 0.3 is 0 Å². The molecule has 9 aromatic rings. The number of carbonyl (C=O) groups is 6. The van der Waals surface area contributed by atoms with Crippen LogP contribution in [0.15, 0.2) is 201 Å². The van der Waals surface area contributed by atoms with Crippen LogP contribution in [0.4, 0.5) is 17.1 Å². The Morgan fingerprint density at radius 2 is 0.756 bits per heavy atom. The van der Waals surface area contributed by atoms with Crippen molar-refractivity contribution in [2.24, 2.45) is 0 Å². The van der Waals surface area contributed by atoms with Crippen molar-refractivity contribution in [2.45, 2.75) is 60.8 Å². The van der Waals surface area contributed by atoms with E-state index in [0.29, 0.717) is 44.9 Å². The molecular formula is C66H60N6O6. The Morgan fingerprint density at radius 1 is 0.346 bits per heavy atom. The van der Waals surface area contributed by atoms with Gasteiger partial charge < -0.3 is 16.0 Å². The molecule has 12 nitrogen and oxygen atoms in total. The number of amides is 3. The Morgan fingerprint density at radius 3 is 1.23 bits per heavy atom. The number of Topliss-reactive ketones (excluding diaryl/α,β-unsaturated/α-hetero) is 3. The van der Waals surface area contributed by atoms with E-state index >= 15 is 0 Å². The van der Waals surface area contributed by atoms with E-state index in [1.807, 2.05) is 169 Å². The first-order valence-electron chi connectivity index (χ1n) is 25.3. The number of aromatic nitrogens is 3. The van der Waals surface area contributed by atoms with Crippen LogP contribution in [-0.2, 0) is 19.3 Å². The molecule has 3 amide bonds. The minimum absolute atomic E-state index is 0.0573. The predicted molar refractivity (Wildman–Crippen MR) is 308 cm³/mol. The van der Waals surface area contributed by atoms with E-state index in [1.54, 1.807) is 61.1 Å². The van der Waals surface area contributed by atoms with Gasteiger partial charge in [0.15, 0.2) is 17.3 Å². The Labute approximate surface area is 455 Å². The van der Waals surface area contributed by atoms with Crippen molar-refractivity contribution in [1.29, 1.82) is 0 Å². The molecule has 3 heterocycles. The second kappa shape index (κ2) is 27.1. The third-order valence-electron chi connectivity index (χ3n) is 12.6. The highest BCUT2D eigenvalue weighted by Gasteiger charge is 2.20. The maximum absolute atomic E-state index is 12.8. The zero-order valence-corrected chi connectivity index (χ0v) is 44.5. The van der Waals surface area contributed by atoms with Crippen LogP contribution in [0.25, 0.3) is 0 Å². The smallest absolute Gasteiger partial charge is 0.255 e. The number of pyridine rings is 3. The highest BCUT2D eigenvalue weighted by atomic mass is 16.2. The summed E-state index contributed by atoms with van der Waals surface area (Å²) in [7, 11) is 0. The van der Waals surface area contributed by atoms with E-state index in [0.717, 1.165) is 50.1 Å². The first-order valence-corrected chi connectivity index (χ1v) is 25.3. The van der Waals surface area contributed by atoms with Gasteiger partial charge in [-0.1, -0.05) is 144 Å². The van der Waals surface area contributed by atoms with Crippen molar-refractivity contribution in [1.82, 2.24) is 15.0 Å². The largest absolute Gasteiger partial charge is 0.321 e. The number of nitrogens with zero attached hydrogens (tertiary/aromatic N) is 3. The molecule has 0 saturated carbocycles. The van der Waals surface area contributed by atoms with Crippen LogP contribution in [0.1, 0.15) is 112 Å². The minimum Gasteiger partial charge on any atom is -0.321 e. The lowest BCUT2D eigenvalue weighted by atomic mass is 10.0. The van der Waals surface area contributed by atoms with Gasteiger partial charge in [-0.25, -0.2) is 0 Å². The molecule has 0 bridgehead atoms. The van der Waals surface area contributed by atoms with Gasteiger partial charge in [-0.2, -0.15) is 0 Å². The molecule has 0 aliphatic heterocycles. The molecule has 0 radical (unpaired) electrons. The highest BCUT2D eigenvalue weighted by molar-refractivity contribution is 6.12. The van der Waals surface area contributed by atoms with E-state index in [4.69, 9.17) is 0 Å². The highest BCUT2D eigenvalue weighted by Crippen LogP contribution is 2.22. The van der Waals surface area contributed by atoms with Crippen LogP contribution in [0.2, 0.25) is 0 Å². The van der Waals surface area contributed by atoms with Crippen molar-refractivity contribution in [3.8, 4) is 0 Å². The molecule has 12 heteroatoms. The SMILES string of the molecule is Cc1cccc(CC(=O)c2ccncc2NC(=O)c2ccccc2C)c1.Cc1cccc(CC(=O)c2cnccc2NC(=O)c2ccccc2C)c1.Cc1cccc(CC(=O)c2ncccc2NC(=O)c2ccccc2C)c1. The van der Waals surface area contributed by atoms with Crippen molar-refractivity contribution < 1.29 is 28.8 Å². The molecular weight excluding hydrogens is 973 g/mol. The normalized spacial score (nSPS) is 10.4. The summed E-state index contributed by atoms with van der Waals surface area (Å²) >= 11 is 0. The lowest BCUT2D eigenvalue weighted by Crippen LogP contribution is -2.17. The number of benzene rings is 6. The van der Waals surface area contributed by atoms with E-state index in [2.05, 4.69) is 30.9 Å². The Balaban J connectivity index is 0.000000170. The van der Waals surface area contributed by atoms with E-state index in [1.165, 1.54) is 12.4 Å². The van der Waals surface area contributed by atoms with Gasteiger partial charge in [0.25, 0.3) is 17.7 Å². The summed E-state index contributed by atoms with van der Waals surface area (Å²) in [6.45, 7) is 11.6. The van der Waals surface area contributed by atoms with Crippen molar-refractivity contribution >= 4 is 52.1 Å². The van der Waals surface area contributed by atoms with E-state index < -0.39 is 0 Å². The number of nitrogens with one attached hydrogen (secondary N) is 3. The maximum atomic E-state index is 12.8. The van der Waals surface area contributed by atoms with Crippen molar-refractivity contribution in [3.05, 3.63) is 284 Å². The minimum atomic E-state index is -0.249. The number of hydrogen-bond acceptors (Lipinski definition) is 9. The molecule has 3 N–H and O–H groups in total. The molecule has 9 rings (SSSR count). The molecule has 0 fully saturated rings. The van der Waals surface area contributed by atoms with Crippen LogP contribution in [-0.4, -0.2) is 50.0 Å². The second-order valence-electron chi connectivity index (χ2n) is 18.8. The Hall–Kier alpha value is -9.81. The molecule has 390 valence electrons. The van der Waals surface area contributed by atoms with Gasteiger partial charge in [-0.15, -0.1) is 0 Å². The fraction of sp³-hybridized carbons (Fsp3) is 0.136. The maximum Gasteiger partial charge on any atom is 0.255 e. The lowest BCUT2D eigenvalue weighted by Gasteiger charge is -2.11. The van der Waals surface area contributed by atoms with E-state index in [-0.39, 0.29) is 60.0 Å². The zero-order valence-electron chi connectivity index (χ0n) is 44.5. The van der Waals surface area contributed by atoms with Crippen LogP contribution < -0.4 is 16.0 Å². The fourth-order valence-corrected chi connectivity index (χ4v) is 8.54. The third-order valence-corrected chi connectivity index (χ3v) is 12.6. The number of carbonyl (C=O) groups excluding carboxylic acids is 6. The third kappa shape index (κ3) is 15.6. The van der Waals surface area contributed by atoms with Gasteiger partial charge in [0, 0.05) is 66.3 Å². The summed E-state index contributed by atoms with van der Waals surface area (Å²) in [5.74, 6) is -1.00. The van der Waals surface area contributed by atoms with Crippen molar-refractivity contribution in [2.75, 3.05) is 16.0 Å². The molecule has 0 aliphatic carbocycles. The summed E-state index contributed by atoms with van der Waals surface area (Å²) in [5.41, 5.74) is 13.0. The number of ketones is 3. The first-order chi connectivity index (χ1) is 37.6. The van der Waals surface area contributed by atoms with E-state index in [9.17, 15) is 28.8 Å². The molecule has 0 aliphatic rings. The first kappa shape index (κ1) is 55.9. The quantitative estimate of drug-likeness (QED) is 0.0843. The molecule has 0 spiro atoms. The van der Waals surface area contributed by atoms with Gasteiger partial charge in [-0.05, 0) is 117 Å². The lowest BCUT2D eigenvalue weighted by molar-refractivity contribution is 0.0980.